The average molecular weight is 216 g/mol. The Morgan fingerprint density at radius 1 is 1.31 bits per heavy atom. The van der Waals surface area contributed by atoms with Crippen LogP contribution in [0, 0.1) is 5.92 Å². The van der Waals surface area contributed by atoms with Crippen molar-refractivity contribution < 1.29 is 9.47 Å². The van der Waals surface area contributed by atoms with E-state index >= 15 is 0 Å². The summed E-state index contributed by atoms with van der Waals surface area (Å²) in [5.41, 5.74) is 0. The zero-order chi connectivity index (χ0) is 8.73. The lowest BCUT2D eigenvalue weighted by molar-refractivity contribution is -0.183. The van der Waals surface area contributed by atoms with Crippen molar-refractivity contribution >= 4 is 23.5 Å². The number of rotatable bonds is 0. The van der Waals surface area contributed by atoms with Gasteiger partial charge in [0.1, 0.15) is 0 Å². The Morgan fingerprint density at radius 2 is 2.15 bits per heavy atom. The van der Waals surface area contributed by atoms with Gasteiger partial charge in [0.15, 0.2) is 5.79 Å². The van der Waals surface area contributed by atoms with Crippen molar-refractivity contribution in [2.75, 3.05) is 19.0 Å². The molecule has 3 aliphatic rings. The van der Waals surface area contributed by atoms with Crippen molar-refractivity contribution in [2.45, 2.75) is 16.8 Å². The van der Waals surface area contributed by atoms with E-state index in [1.807, 2.05) is 23.5 Å². The molecule has 0 amide bonds. The number of thioether (sulfide) groups is 2. The van der Waals surface area contributed by atoms with Crippen molar-refractivity contribution in [3.63, 3.8) is 0 Å². The Hall–Kier alpha value is 0.360. The van der Waals surface area contributed by atoms with Gasteiger partial charge < -0.3 is 9.47 Å². The maximum Gasteiger partial charge on any atom is 0.177 e. The minimum atomic E-state index is -0.254. The van der Waals surface area contributed by atoms with Gasteiger partial charge >= 0.3 is 0 Å². The lowest BCUT2D eigenvalue weighted by Gasteiger charge is -2.39. The fraction of sp³-hybridized carbons (Fsp3) is 0.778. The van der Waals surface area contributed by atoms with Gasteiger partial charge in [0.2, 0.25) is 0 Å². The second-order valence-corrected chi connectivity index (χ2v) is 6.09. The van der Waals surface area contributed by atoms with Crippen LogP contribution < -0.4 is 0 Å². The molecule has 3 rings (SSSR count). The molecule has 1 spiro atoms. The number of hydrogen-bond donors (Lipinski definition) is 0. The van der Waals surface area contributed by atoms with Crippen molar-refractivity contribution in [3.8, 4) is 0 Å². The normalized spacial score (nSPS) is 41.2. The SMILES string of the molecule is C1=CC2C(S1)SCCC21OCCO1. The standard InChI is InChI=1S/C9H12O2S2/c1-5-12-8-7(1)9(2-6-13-8)10-3-4-11-9/h1,5,7-8H,2-4,6H2. The van der Waals surface area contributed by atoms with Crippen LogP contribution >= 0.6 is 23.5 Å². The fourth-order valence-corrected chi connectivity index (χ4v) is 4.99. The van der Waals surface area contributed by atoms with E-state index in [9.17, 15) is 0 Å². The van der Waals surface area contributed by atoms with Gasteiger partial charge in [-0.2, -0.15) is 0 Å². The van der Waals surface area contributed by atoms with Crippen LogP contribution in [-0.2, 0) is 9.47 Å². The first kappa shape index (κ1) is 8.65. The highest BCUT2D eigenvalue weighted by molar-refractivity contribution is 8.18. The topological polar surface area (TPSA) is 18.5 Å². The third-order valence-electron chi connectivity index (χ3n) is 2.81. The van der Waals surface area contributed by atoms with Gasteiger partial charge in [0.25, 0.3) is 0 Å². The molecule has 3 aliphatic heterocycles. The van der Waals surface area contributed by atoms with Crippen LogP contribution in [0.2, 0.25) is 0 Å². The summed E-state index contributed by atoms with van der Waals surface area (Å²) < 4.78 is 12.2. The summed E-state index contributed by atoms with van der Waals surface area (Å²) in [6, 6.07) is 0. The molecular formula is C9H12O2S2. The van der Waals surface area contributed by atoms with Crippen LogP contribution in [0.15, 0.2) is 11.5 Å². The predicted molar refractivity (Wildman–Crippen MR) is 55.7 cm³/mol. The summed E-state index contributed by atoms with van der Waals surface area (Å²) in [5, 5.41) is 2.19. The molecule has 2 fully saturated rings. The highest BCUT2D eigenvalue weighted by atomic mass is 32.2. The van der Waals surface area contributed by atoms with Crippen LogP contribution in [0.3, 0.4) is 0 Å². The molecule has 72 valence electrons. The maximum absolute atomic E-state index is 5.80. The highest BCUT2D eigenvalue weighted by Gasteiger charge is 2.50. The monoisotopic (exact) mass is 216 g/mol. The van der Waals surface area contributed by atoms with E-state index in [-0.39, 0.29) is 5.79 Å². The smallest absolute Gasteiger partial charge is 0.177 e. The molecule has 0 aromatic rings. The number of ether oxygens (including phenoxy) is 2. The molecule has 2 unspecified atom stereocenters. The van der Waals surface area contributed by atoms with Crippen LogP contribution in [0.25, 0.3) is 0 Å². The van der Waals surface area contributed by atoms with Crippen molar-refractivity contribution in [1.29, 1.82) is 0 Å². The Morgan fingerprint density at radius 3 is 3.00 bits per heavy atom. The zero-order valence-corrected chi connectivity index (χ0v) is 8.90. The van der Waals surface area contributed by atoms with Gasteiger partial charge in [0, 0.05) is 6.42 Å². The van der Waals surface area contributed by atoms with Crippen molar-refractivity contribution in [1.82, 2.24) is 0 Å². The summed E-state index contributed by atoms with van der Waals surface area (Å²) in [7, 11) is 0. The largest absolute Gasteiger partial charge is 0.347 e. The number of fused-ring (bicyclic) bond motifs is 2. The Balaban J connectivity index is 1.89. The Labute approximate surface area is 86.4 Å². The van der Waals surface area contributed by atoms with Gasteiger partial charge in [0.05, 0.1) is 23.7 Å². The summed E-state index contributed by atoms with van der Waals surface area (Å²) in [4.78, 5) is 0. The number of hydrogen-bond acceptors (Lipinski definition) is 4. The quantitative estimate of drug-likeness (QED) is 0.617. The summed E-state index contributed by atoms with van der Waals surface area (Å²) in [6.07, 6.45) is 3.30. The molecule has 2 atom stereocenters. The van der Waals surface area contributed by atoms with Crippen LogP contribution in [-0.4, -0.2) is 29.3 Å². The zero-order valence-electron chi connectivity index (χ0n) is 7.27. The minimum absolute atomic E-state index is 0.254. The van der Waals surface area contributed by atoms with E-state index in [0.29, 0.717) is 10.5 Å². The molecule has 0 saturated carbocycles. The first-order valence-electron chi connectivity index (χ1n) is 4.62. The minimum Gasteiger partial charge on any atom is -0.347 e. The molecule has 0 N–H and O–H groups in total. The first-order chi connectivity index (χ1) is 6.41. The molecule has 0 bridgehead atoms. The van der Waals surface area contributed by atoms with E-state index in [1.165, 1.54) is 0 Å². The van der Waals surface area contributed by atoms with Gasteiger partial charge in [-0.15, -0.1) is 23.5 Å². The fourth-order valence-electron chi connectivity index (χ4n) is 2.17. The van der Waals surface area contributed by atoms with Crippen LogP contribution in [0.1, 0.15) is 6.42 Å². The third kappa shape index (κ3) is 1.27. The Bertz CT molecular complexity index is 236. The van der Waals surface area contributed by atoms with Gasteiger partial charge in [-0.05, 0) is 11.2 Å². The van der Waals surface area contributed by atoms with E-state index in [2.05, 4.69) is 11.5 Å². The molecular weight excluding hydrogens is 204 g/mol. The van der Waals surface area contributed by atoms with E-state index in [0.717, 1.165) is 25.4 Å². The van der Waals surface area contributed by atoms with E-state index in [1.54, 1.807) is 0 Å². The molecule has 3 heterocycles. The molecule has 0 aliphatic carbocycles. The van der Waals surface area contributed by atoms with Crippen molar-refractivity contribution in [3.05, 3.63) is 11.5 Å². The third-order valence-corrected chi connectivity index (χ3v) is 5.49. The summed E-state index contributed by atoms with van der Waals surface area (Å²) in [6.45, 7) is 1.54. The molecule has 4 heteroatoms. The second kappa shape index (κ2) is 3.19. The molecule has 0 aromatic carbocycles. The molecule has 0 radical (unpaired) electrons. The lowest BCUT2D eigenvalue weighted by atomic mass is 9.97. The predicted octanol–water partition coefficient (Wildman–Crippen LogP) is 2.07. The van der Waals surface area contributed by atoms with Gasteiger partial charge in [-0.1, -0.05) is 6.08 Å². The van der Waals surface area contributed by atoms with Crippen molar-refractivity contribution in [2.24, 2.45) is 5.92 Å². The van der Waals surface area contributed by atoms with Crippen LogP contribution in [0.5, 0.6) is 0 Å². The van der Waals surface area contributed by atoms with Gasteiger partial charge in [-0.3, -0.25) is 0 Å². The average Bonchev–Trinajstić information content (AvgIpc) is 2.74. The molecule has 0 aromatic heterocycles. The molecule has 2 saturated heterocycles. The van der Waals surface area contributed by atoms with Crippen LogP contribution in [0.4, 0.5) is 0 Å². The van der Waals surface area contributed by atoms with E-state index < -0.39 is 0 Å². The summed E-state index contributed by atoms with van der Waals surface area (Å²) >= 11 is 3.94. The van der Waals surface area contributed by atoms with E-state index in [4.69, 9.17) is 9.47 Å². The highest BCUT2D eigenvalue weighted by Crippen LogP contribution is 2.51. The van der Waals surface area contributed by atoms with Gasteiger partial charge in [-0.25, -0.2) is 0 Å². The summed E-state index contributed by atoms with van der Waals surface area (Å²) in [5.74, 6) is 1.38. The maximum atomic E-state index is 5.80. The molecule has 2 nitrogen and oxygen atoms in total. The molecule has 13 heavy (non-hydrogen) atoms. The Kier molecular flexibility index (Phi) is 2.12. The lowest BCUT2D eigenvalue weighted by Crippen LogP contribution is -2.45. The first-order valence-corrected chi connectivity index (χ1v) is 6.62. The second-order valence-electron chi connectivity index (χ2n) is 3.49.